The standard InChI is InChI=1S/C9H8N2O2/c1-7(4-5-10)11-9(12)8-3-2-6-13-8/h2-4,6H,1H3,(H,11,12)/b7-4-. The fraction of sp³-hybridized carbons (Fsp3) is 0.111. The first-order chi connectivity index (χ1) is 6.24. The van der Waals surface area contributed by atoms with Gasteiger partial charge in [0.15, 0.2) is 5.76 Å². The maximum Gasteiger partial charge on any atom is 0.291 e. The van der Waals surface area contributed by atoms with E-state index >= 15 is 0 Å². The molecule has 0 aliphatic rings. The summed E-state index contributed by atoms with van der Waals surface area (Å²) < 4.78 is 4.85. The number of hydrogen-bond acceptors (Lipinski definition) is 3. The molecule has 1 aromatic rings. The second-order valence-electron chi connectivity index (χ2n) is 2.39. The molecule has 0 aliphatic carbocycles. The Kier molecular flexibility index (Phi) is 2.87. The topological polar surface area (TPSA) is 66.0 Å². The fourth-order valence-corrected chi connectivity index (χ4v) is 0.781. The Morgan fingerprint density at radius 2 is 2.54 bits per heavy atom. The van der Waals surface area contributed by atoms with Crippen LogP contribution in [0.4, 0.5) is 0 Å². The van der Waals surface area contributed by atoms with E-state index in [1.54, 1.807) is 19.1 Å². The summed E-state index contributed by atoms with van der Waals surface area (Å²) in [5, 5.41) is 10.8. The van der Waals surface area contributed by atoms with Crippen molar-refractivity contribution in [2.24, 2.45) is 0 Å². The molecule has 4 nitrogen and oxygen atoms in total. The van der Waals surface area contributed by atoms with Crippen molar-refractivity contribution >= 4 is 5.91 Å². The van der Waals surface area contributed by atoms with Gasteiger partial charge in [0.25, 0.3) is 5.91 Å². The van der Waals surface area contributed by atoms with E-state index in [1.165, 1.54) is 12.3 Å². The lowest BCUT2D eigenvalue weighted by molar-refractivity contribution is 0.0938. The second-order valence-corrected chi connectivity index (χ2v) is 2.39. The number of nitrogens with one attached hydrogen (secondary N) is 1. The molecule has 1 amide bonds. The highest BCUT2D eigenvalue weighted by Crippen LogP contribution is 2.00. The minimum Gasteiger partial charge on any atom is -0.459 e. The van der Waals surface area contributed by atoms with E-state index in [2.05, 4.69) is 5.32 Å². The third kappa shape index (κ3) is 2.49. The first-order valence-electron chi connectivity index (χ1n) is 3.65. The summed E-state index contributed by atoms with van der Waals surface area (Å²) in [6.45, 7) is 1.63. The van der Waals surface area contributed by atoms with Crippen LogP contribution >= 0.6 is 0 Å². The zero-order chi connectivity index (χ0) is 9.68. The predicted molar refractivity (Wildman–Crippen MR) is 45.5 cm³/mol. The molecule has 1 aromatic heterocycles. The van der Waals surface area contributed by atoms with E-state index in [0.717, 1.165) is 0 Å². The summed E-state index contributed by atoms with van der Waals surface area (Å²) in [6.07, 6.45) is 2.67. The summed E-state index contributed by atoms with van der Waals surface area (Å²) >= 11 is 0. The van der Waals surface area contributed by atoms with Gasteiger partial charge in [-0.25, -0.2) is 0 Å². The van der Waals surface area contributed by atoms with Gasteiger partial charge in [0, 0.05) is 11.8 Å². The van der Waals surface area contributed by atoms with Gasteiger partial charge in [-0.2, -0.15) is 5.26 Å². The monoisotopic (exact) mass is 176 g/mol. The Bertz CT molecular complexity index is 357. The Morgan fingerprint density at radius 1 is 1.77 bits per heavy atom. The van der Waals surface area contributed by atoms with Gasteiger partial charge >= 0.3 is 0 Å². The average Bonchev–Trinajstić information content (AvgIpc) is 2.55. The van der Waals surface area contributed by atoms with E-state index in [9.17, 15) is 4.79 Å². The summed E-state index contributed by atoms with van der Waals surface area (Å²) in [5.41, 5.74) is 0.490. The van der Waals surface area contributed by atoms with Gasteiger partial charge < -0.3 is 9.73 Å². The fourth-order valence-electron chi connectivity index (χ4n) is 0.781. The molecule has 0 saturated carbocycles. The highest BCUT2D eigenvalue weighted by atomic mass is 16.3. The quantitative estimate of drug-likeness (QED) is 0.693. The summed E-state index contributed by atoms with van der Waals surface area (Å²) in [7, 11) is 0. The Hall–Kier alpha value is -2.02. The molecule has 1 heterocycles. The zero-order valence-corrected chi connectivity index (χ0v) is 7.07. The van der Waals surface area contributed by atoms with Crippen LogP contribution in [0.15, 0.2) is 34.6 Å². The van der Waals surface area contributed by atoms with Gasteiger partial charge in [-0.05, 0) is 19.1 Å². The van der Waals surface area contributed by atoms with Gasteiger partial charge in [0.05, 0.1) is 12.3 Å². The molecule has 13 heavy (non-hydrogen) atoms. The average molecular weight is 176 g/mol. The number of carbonyl (C=O) groups excluding carboxylic acids is 1. The highest BCUT2D eigenvalue weighted by Gasteiger charge is 2.07. The van der Waals surface area contributed by atoms with Crippen LogP contribution in [0.1, 0.15) is 17.5 Å². The highest BCUT2D eigenvalue weighted by molar-refractivity contribution is 5.92. The van der Waals surface area contributed by atoms with Gasteiger partial charge in [0.1, 0.15) is 0 Å². The molecule has 4 heteroatoms. The minimum atomic E-state index is -0.353. The van der Waals surface area contributed by atoms with Crippen molar-refractivity contribution in [2.75, 3.05) is 0 Å². The lowest BCUT2D eigenvalue weighted by Crippen LogP contribution is -2.20. The number of amides is 1. The van der Waals surface area contributed by atoms with Crippen molar-refractivity contribution in [1.82, 2.24) is 5.32 Å². The maximum absolute atomic E-state index is 11.2. The predicted octanol–water partition coefficient (Wildman–Crippen LogP) is 1.44. The van der Waals surface area contributed by atoms with Crippen LogP contribution in [0.5, 0.6) is 0 Å². The van der Waals surface area contributed by atoms with Crippen molar-refractivity contribution < 1.29 is 9.21 Å². The minimum absolute atomic E-state index is 0.227. The number of hydrogen-bond donors (Lipinski definition) is 1. The van der Waals surface area contributed by atoms with Crippen LogP contribution in [0, 0.1) is 11.3 Å². The molecule has 0 saturated heterocycles. The van der Waals surface area contributed by atoms with Crippen LogP contribution < -0.4 is 5.32 Å². The van der Waals surface area contributed by atoms with E-state index in [4.69, 9.17) is 9.68 Å². The summed E-state index contributed by atoms with van der Waals surface area (Å²) in [5.74, 6) is -0.125. The van der Waals surface area contributed by atoms with Crippen molar-refractivity contribution in [3.8, 4) is 6.07 Å². The number of rotatable bonds is 2. The molecule has 0 fully saturated rings. The van der Waals surface area contributed by atoms with E-state index in [-0.39, 0.29) is 11.7 Å². The number of allylic oxidation sites excluding steroid dienone is 2. The van der Waals surface area contributed by atoms with E-state index < -0.39 is 0 Å². The molecule has 0 atom stereocenters. The lowest BCUT2D eigenvalue weighted by atomic mass is 10.4. The van der Waals surface area contributed by atoms with Crippen LogP contribution in [0.3, 0.4) is 0 Å². The second kappa shape index (κ2) is 4.12. The van der Waals surface area contributed by atoms with Crippen molar-refractivity contribution in [2.45, 2.75) is 6.92 Å². The molecule has 66 valence electrons. The third-order valence-corrected chi connectivity index (χ3v) is 1.34. The molecular weight excluding hydrogens is 168 g/mol. The Morgan fingerprint density at radius 3 is 3.08 bits per heavy atom. The number of nitriles is 1. The Labute approximate surface area is 75.5 Å². The normalized spacial score (nSPS) is 10.6. The zero-order valence-electron chi connectivity index (χ0n) is 7.07. The van der Waals surface area contributed by atoms with Crippen LogP contribution in [0.2, 0.25) is 0 Å². The van der Waals surface area contributed by atoms with Crippen molar-refractivity contribution in [3.63, 3.8) is 0 Å². The lowest BCUT2D eigenvalue weighted by Gasteiger charge is -1.99. The van der Waals surface area contributed by atoms with Gasteiger partial charge in [-0.15, -0.1) is 0 Å². The molecule has 0 unspecified atom stereocenters. The maximum atomic E-state index is 11.2. The van der Waals surface area contributed by atoms with Crippen LogP contribution in [-0.2, 0) is 0 Å². The Balaban J connectivity index is 2.63. The number of nitrogens with zero attached hydrogens (tertiary/aromatic N) is 1. The van der Waals surface area contributed by atoms with Gasteiger partial charge in [0.2, 0.25) is 0 Å². The van der Waals surface area contributed by atoms with Crippen molar-refractivity contribution in [1.29, 1.82) is 5.26 Å². The van der Waals surface area contributed by atoms with Gasteiger partial charge in [-0.3, -0.25) is 4.79 Å². The molecule has 0 radical (unpaired) electrons. The number of furan rings is 1. The van der Waals surface area contributed by atoms with E-state index in [0.29, 0.717) is 5.70 Å². The molecule has 1 rings (SSSR count). The van der Waals surface area contributed by atoms with Crippen LogP contribution in [-0.4, -0.2) is 5.91 Å². The van der Waals surface area contributed by atoms with Crippen LogP contribution in [0.25, 0.3) is 0 Å². The molecule has 0 bridgehead atoms. The largest absolute Gasteiger partial charge is 0.459 e. The smallest absolute Gasteiger partial charge is 0.291 e. The van der Waals surface area contributed by atoms with Crippen molar-refractivity contribution in [3.05, 3.63) is 35.9 Å². The molecule has 1 N–H and O–H groups in total. The molecule has 0 aliphatic heterocycles. The third-order valence-electron chi connectivity index (χ3n) is 1.34. The van der Waals surface area contributed by atoms with E-state index in [1.807, 2.05) is 6.07 Å². The summed E-state index contributed by atoms with van der Waals surface area (Å²) in [6, 6.07) is 4.98. The SMILES string of the molecule is C/C(=C/C#N)NC(=O)c1ccco1. The molecular formula is C9H8N2O2. The first-order valence-corrected chi connectivity index (χ1v) is 3.65. The molecule has 0 aromatic carbocycles. The number of carbonyl (C=O) groups is 1. The summed E-state index contributed by atoms with van der Waals surface area (Å²) in [4.78, 5) is 11.2. The molecule has 0 spiro atoms. The van der Waals surface area contributed by atoms with Gasteiger partial charge in [-0.1, -0.05) is 0 Å². The first kappa shape index (κ1) is 9.07.